The van der Waals surface area contributed by atoms with Gasteiger partial charge in [0.05, 0.1) is 4.92 Å². The molecule has 2 aromatic rings. The summed E-state index contributed by atoms with van der Waals surface area (Å²) in [6.07, 6.45) is 0. The highest BCUT2D eigenvalue weighted by Gasteiger charge is 2.28. The first-order valence-electron chi connectivity index (χ1n) is 5.71. The van der Waals surface area contributed by atoms with Crippen LogP contribution in [0, 0.1) is 10.1 Å². The van der Waals surface area contributed by atoms with Crippen molar-refractivity contribution in [2.75, 3.05) is 5.32 Å². The highest BCUT2D eigenvalue weighted by atomic mass is 32.2. The minimum absolute atomic E-state index is 0.0301. The van der Waals surface area contributed by atoms with E-state index in [1.807, 2.05) is 0 Å². The maximum absolute atomic E-state index is 12.2. The summed E-state index contributed by atoms with van der Waals surface area (Å²) < 4.78 is 36.6. The predicted octanol–water partition coefficient (Wildman–Crippen LogP) is 4.95. The monoisotopic (exact) mass is 314 g/mol. The van der Waals surface area contributed by atoms with E-state index < -0.39 is 10.4 Å². The number of thioether (sulfide) groups is 1. The molecule has 0 amide bonds. The molecule has 0 spiro atoms. The van der Waals surface area contributed by atoms with Gasteiger partial charge < -0.3 is 5.32 Å². The first kappa shape index (κ1) is 15.2. The van der Waals surface area contributed by atoms with Crippen molar-refractivity contribution in [1.82, 2.24) is 0 Å². The Hall–Kier alpha value is -2.22. The predicted molar refractivity (Wildman–Crippen MR) is 74.7 cm³/mol. The number of alkyl halides is 3. The molecule has 0 radical (unpaired) electrons. The number of nitrogens with one attached hydrogen (secondary N) is 1. The zero-order chi connectivity index (χ0) is 15.5. The Morgan fingerprint density at radius 2 is 1.43 bits per heavy atom. The van der Waals surface area contributed by atoms with Crippen LogP contribution in [0.4, 0.5) is 30.2 Å². The average Bonchev–Trinajstić information content (AvgIpc) is 2.40. The van der Waals surface area contributed by atoms with Gasteiger partial charge in [-0.1, -0.05) is 0 Å². The number of hydrogen-bond donors (Lipinski definition) is 1. The lowest BCUT2D eigenvalue weighted by molar-refractivity contribution is -0.384. The first-order valence-corrected chi connectivity index (χ1v) is 6.52. The smallest absolute Gasteiger partial charge is 0.356 e. The summed E-state index contributed by atoms with van der Waals surface area (Å²) in [7, 11) is 0. The van der Waals surface area contributed by atoms with Gasteiger partial charge in [0, 0.05) is 28.4 Å². The van der Waals surface area contributed by atoms with Crippen LogP contribution in [0.2, 0.25) is 0 Å². The molecule has 110 valence electrons. The van der Waals surface area contributed by atoms with Crippen molar-refractivity contribution in [2.24, 2.45) is 0 Å². The van der Waals surface area contributed by atoms with E-state index in [1.54, 1.807) is 0 Å². The molecule has 0 saturated carbocycles. The molecule has 0 unspecified atom stereocenters. The Bertz CT molecular complexity index is 627. The number of nitro benzene ring substituents is 1. The SMILES string of the molecule is O=[N+]([O-])c1ccc(Nc2ccc(SC(F)(F)F)cc2)cc1. The Balaban J connectivity index is 2.04. The molecule has 2 aromatic carbocycles. The van der Waals surface area contributed by atoms with Crippen LogP contribution in [-0.4, -0.2) is 10.4 Å². The molecule has 0 aliphatic heterocycles. The largest absolute Gasteiger partial charge is 0.446 e. The van der Waals surface area contributed by atoms with Crippen molar-refractivity contribution in [3.8, 4) is 0 Å². The zero-order valence-electron chi connectivity index (χ0n) is 10.4. The van der Waals surface area contributed by atoms with Gasteiger partial charge in [0.2, 0.25) is 0 Å². The topological polar surface area (TPSA) is 55.2 Å². The number of halogens is 3. The second-order valence-corrected chi connectivity index (χ2v) is 5.14. The van der Waals surface area contributed by atoms with E-state index in [4.69, 9.17) is 0 Å². The molecule has 4 nitrogen and oxygen atoms in total. The third kappa shape index (κ3) is 4.67. The van der Waals surface area contributed by atoms with Crippen LogP contribution in [0.5, 0.6) is 0 Å². The van der Waals surface area contributed by atoms with Crippen molar-refractivity contribution in [3.05, 3.63) is 58.6 Å². The number of nitro groups is 1. The molecule has 0 saturated heterocycles. The number of non-ortho nitro benzene ring substituents is 1. The lowest BCUT2D eigenvalue weighted by Crippen LogP contribution is -1.99. The Kier molecular flexibility index (Phi) is 4.37. The number of nitrogens with zero attached hydrogens (tertiary/aromatic N) is 1. The molecule has 0 aromatic heterocycles. The van der Waals surface area contributed by atoms with Crippen molar-refractivity contribution < 1.29 is 18.1 Å². The van der Waals surface area contributed by atoms with Gasteiger partial charge in [-0.05, 0) is 48.2 Å². The standard InChI is InChI=1S/C13H9F3N2O2S/c14-13(15,16)21-12-7-3-10(4-8-12)17-9-1-5-11(6-2-9)18(19)20/h1-8,17H. The van der Waals surface area contributed by atoms with Crippen molar-refractivity contribution in [2.45, 2.75) is 10.4 Å². The Labute approximate surface area is 122 Å². The summed E-state index contributed by atoms with van der Waals surface area (Å²) in [5.41, 5.74) is -3.14. The van der Waals surface area contributed by atoms with Crippen LogP contribution < -0.4 is 5.32 Å². The molecule has 0 bridgehead atoms. The normalized spacial score (nSPS) is 11.2. The number of anilines is 2. The molecule has 21 heavy (non-hydrogen) atoms. The van der Waals surface area contributed by atoms with E-state index in [1.165, 1.54) is 48.5 Å². The quantitative estimate of drug-likeness (QED) is 0.493. The lowest BCUT2D eigenvalue weighted by Gasteiger charge is -2.08. The third-order valence-electron chi connectivity index (χ3n) is 2.45. The Morgan fingerprint density at radius 3 is 1.86 bits per heavy atom. The van der Waals surface area contributed by atoms with Gasteiger partial charge in [-0.25, -0.2) is 0 Å². The molecule has 2 rings (SSSR count). The van der Waals surface area contributed by atoms with Gasteiger partial charge in [-0.2, -0.15) is 13.2 Å². The molecule has 0 aliphatic rings. The van der Waals surface area contributed by atoms with E-state index in [9.17, 15) is 23.3 Å². The van der Waals surface area contributed by atoms with E-state index in [2.05, 4.69) is 5.32 Å². The lowest BCUT2D eigenvalue weighted by atomic mass is 10.2. The molecular weight excluding hydrogens is 305 g/mol. The van der Waals surface area contributed by atoms with E-state index in [-0.39, 0.29) is 22.3 Å². The fourth-order valence-corrected chi connectivity index (χ4v) is 2.11. The molecule has 0 atom stereocenters. The van der Waals surface area contributed by atoms with Crippen LogP contribution in [0.1, 0.15) is 0 Å². The molecule has 1 N–H and O–H groups in total. The highest BCUT2D eigenvalue weighted by molar-refractivity contribution is 8.00. The zero-order valence-corrected chi connectivity index (χ0v) is 11.2. The van der Waals surface area contributed by atoms with Gasteiger partial charge in [-0.15, -0.1) is 0 Å². The van der Waals surface area contributed by atoms with Crippen molar-refractivity contribution in [1.29, 1.82) is 0 Å². The van der Waals surface area contributed by atoms with Crippen LogP contribution in [-0.2, 0) is 0 Å². The minimum atomic E-state index is -4.31. The summed E-state index contributed by atoms with van der Waals surface area (Å²) in [6.45, 7) is 0. The van der Waals surface area contributed by atoms with Gasteiger partial charge in [0.1, 0.15) is 0 Å². The summed E-state index contributed by atoms with van der Waals surface area (Å²) in [5.74, 6) is 0. The van der Waals surface area contributed by atoms with Crippen LogP contribution >= 0.6 is 11.8 Å². The van der Waals surface area contributed by atoms with Gasteiger partial charge >= 0.3 is 5.51 Å². The number of rotatable bonds is 4. The fourth-order valence-electron chi connectivity index (χ4n) is 1.57. The minimum Gasteiger partial charge on any atom is -0.356 e. The maximum atomic E-state index is 12.2. The summed E-state index contributed by atoms with van der Waals surface area (Å²) in [4.78, 5) is 10.1. The number of hydrogen-bond acceptors (Lipinski definition) is 4. The van der Waals surface area contributed by atoms with Crippen LogP contribution in [0.15, 0.2) is 53.4 Å². The summed E-state index contributed by atoms with van der Waals surface area (Å²) in [6, 6.07) is 11.5. The highest BCUT2D eigenvalue weighted by Crippen LogP contribution is 2.37. The maximum Gasteiger partial charge on any atom is 0.446 e. The fraction of sp³-hybridized carbons (Fsp3) is 0.0769. The average molecular weight is 314 g/mol. The second-order valence-electron chi connectivity index (χ2n) is 4.00. The van der Waals surface area contributed by atoms with Crippen LogP contribution in [0.3, 0.4) is 0 Å². The third-order valence-corrected chi connectivity index (χ3v) is 3.19. The van der Waals surface area contributed by atoms with E-state index >= 15 is 0 Å². The molecule has 0 aliphatic carbocycles. The number of benzene rings is 2. The Morgan fingerprint density at radius 1 is 0.952 bits per heavy atom. The first-order chi connectivity index (χ1) is 9.83. The van der Waals surface area contributed by atoms with E-state index in [0.29, 0.717) is 11.4 Å². The van der Waals surface area contributed by atoms with Gasteiger partial charge in [0.25, 0.3) is 5.69 Å². The molecule has 0 heterocycles. The van der Waals surface area contributed by atoms with Gasteiger partial charge in [0.15, 0.2) is 0 Å². The van der Waals surface area contributed by atoms with Gasteiger partial charge in [-0.3, -0.25) is 10.1 Å². The van der Waals surface area contributed by atoms with Crippen molar-refractivity contribution >= 4 is 28.8 Å². The van der Waals surface area contributed by atoms with E-state index in [0.717, 1.165) is 0 Å². The second kappa shape index (κ2) is 6.04. The van der Waals surface area contributed by atoms with Crippen molar-refractivity contribution in [3.63, 3.8) is 0 Å². The molecular formula is C13H9F3N2O2S. The summed E-state index contributed by atoms with van der Waals surface area (Å²) in [5, 5.41) is 13.5. The van der Waals surface area contributed by atoms with Crippen LogP contribution in [0.25, 0.3) is 0 Å². The molecule has 8 heteroatoms. The molecule has 0 fully saturated rings. The summed E-state index contributed by atoms with van der Waals surface area (Å²) >= 11 is -0.182.